The molecule has 0 amide bonds. The van der Waals surface area contributed by atoms with Gasteiger partial charge in [-0.3, -0.25) is 4.79 Å². The third-order valence-corrected chi connectivity index (χ3v) is 4.40. The van der Waals surface area contributed by atoms with Crippen LogP contribution in [-0.2, 0) is 11.2 Å². The Kier molecular flexibility index (Phi) is 5.60. The van der Waals surface area contributed by atoms with E-state index in [2.05, 4.69) is 34.7 Å². The highest BCUT2D eigenvalue weighted by Gasteiger charge is 2.14. The Morgan fingerprint density at radius 1 is 1.60 bits per heavy atom. The van der Waals surface area contributed by atoms with Gasteiger partial charge in [0.25, 0.3) is 0 Å². The summed E-state index contributed by atoms with van der Waals surface area (Å²) >= 11 is 4.10. The number of aryl methyl sites for hydroxylation is 1. The Balaban J connectivity index is 2.29. The van der Waals surface area contributed by atoms with Crippen LogP contribution in [-0.4, -0.2) is 11.1 Å². The van der Waals surface area contributed by atoms with Crippen molar-refractivity contribution in [3.05, 3.63) is 19.9 Å². The zero-order chi connectivity index (χ0) is 11.3. The van der Waals surface area contributed by atoms with Crippen LogP contribution in [0.15, 0.2) is 12.1 Å². The van der Waals surface area contributed by atoms with E-state index in [0.29, 0.717) is 0 Å². The molecule has 0 bridgehead atoms. The fraction of sp³-hybridized carbons (Fsp3) is 0.545. The molecule has 0 aliphatic carbocycles. The first-order chi connectivity index (χ1) is 7.13. The van der Waals surface area contributed by atoms with Gasteiger partial charge in [-0.25, -0.2) is 0 Å². The average Bonchev–Trinajstić information content (AvgIpc) is 2.58. The average molecular weight is 338 g/mol. The molecule has 0 saturated carbocycles. The van der Waals surface area contributed by atoms with Crippen molar-refractivity contribution in [2.24, 2.45) is 5.92 Å². The van der Waals surface area contributed by atoms with Gasteiger partial charge in [-0.1, -0.05) is 6.92 Å². The van der Waals surface area contributed by atoms with Gasteiger partial charge < -0.3 is 5.11 Å². The molecule has 1 unspecified atom stereocenters. The van der Waals surface area contributed by atoms with E-state index in [1.165, 1.54) is 7.76 Å². The molecular formula is C11H15IO2S. The monoisotopic (exact) mass is 338 g/mol. The lowest BCUT2D eigenvalue weighted by atomic mass is 9.99. The summed E-state index contributed by atoms with van der Waals surface area (Å²) in [5.74, 6) is -0.817. The summed E-state index contributed by atoms with van der Waals surface area (Å²) in [4.78, 5) is 12.1. The summed E-state index contributed by atoms with van der Waals surface area (Å²) in [6.07, 6.45) is 3.51. The Bertz CT molecular complexity index is 322. The van der Waals surface area contributed by atoms with Gasteiger partial charge in [-0.05, 0) is 60.4 Å². The fourth-order valence-electron chi connectivity index (χ4n) is 1.51. The first-order valence-electron chi connectivity index (χ1n) is 5.10. The molecule has 0 aromatic carbocycles. The molecule has 1 rings (SSSR count). The van der Waals surface area contributed by atoms with Crippen molar-refractivity contribution >= 4 is 39.9 Å². The number of carboxylic acid groups (broad SMARTS) is 1. The van der Waals surface area contributed by atoms with Crippen LogP contribution >= 0.6 is 33.9 Å². The van der Waals surface area contributed by atoms with Crippen LogP contribution in [0, 0.1) is 8.80 Å². The van der Waals surface area contributed by atoms with Gasteiger partial charge in [0, 0.05) is 4.88 Å². The van der Waals surface area contributed by atoms with E-state index in [1.807, 2.05) is 6.92 Å². The predicted octanol–water partition coefficient (Wildman–Crippen LogP) is 3.79. The SMILES string of the molecule is CCC(CCCc1ccc(I)s1)C(=O)O. The van der Waals surface area contributed by atoms with Crippen molar-refractivity contribution in [1.82, 2.24) is 0 Å². The number of carboxylic acids is 1. The van der Waals surface area contributed by atoms with E-state index in [9.17, 15) is 4.79 Å². The molecule has 0 aliphatic rings. The van der Waals surface area contributed by atoms with Crippen LogP contribution in [0.5, 0.6) is 0 Å². The number of aliphatic carboxylic acids is 1. The molecule has 1 heterocycles. The molecule has 0 saturated heterocycles. The molecule has 15 heavy (non-hydrogen) atoms. The van der Waals surface area contributed by atoms with Crippen LogP contribution in [0.4, 0.5) is 0 Å². The maximum atomic E-state index is 10.8. The van der Waals surface area contributed by atoms with Gasteiger partial charge in [0.1, 0.15) is 0 Å². The third kappa shape index (κ3) is 4.51. The van der Waals surface area contributed by atoms with Crippen LogP contribution in [0.3, 0.4) is 0 Å². The van der Waals surface area contributed by atoms with Crippen molar-refractivity contribution in [3.63, 3.8) is 0 Å². The number of hydrogen-bond donors (Lipinski definition) is 1. The van der Waals surface area contributed by atoms with E-state index in [4.69, 9.17) is 5.11 Å². The van der Waals surface area contributed by atoms with Crippen LogP contribution in [0.25, 0.3) is 0 Å². The molecule has 4 heteroatoms. The highest BCUT2D eigenvalue weighted by molar-refractivity contribution is 14.1. The Morgan fingerprint density at radius 2 is 2.33 bits per heavy atom. The van der Waals surface area contributed by atoms with Crippen molar-refractivity contribution in [3.8, 4) is 0 Å². The molecule has 1 atom stereocenters. The lowest BCUT2D eigenvalue weighted by Gasteiger charge is -2.07. The van der Waals surface area contributed by atoms with Crippen molar-refractivity contribution in [2.75, 3.05) is 0 Å². The number of carbonyl (C=O) groups is 1. The van der Waals surface area contributed by atoms with Gasteiger partial charge in [-0.2, -0.15) is 0 Å². The topological polar surface area (TPSA) is 37.3 Å². The van der Waals surface area contributed by atoms with Gasteiger partial charge in [-0.15, -0.1) is 11.3 Å². The fourth-order valence-corrected chi connectivity index (χ4v) is 3.31. The molecule has 0 radical (unpaired) electrons. The van der Waals surface area contributed by atoms with E-state index >= 15 is 0 Å². The first-order valence-corrected chi connectivity index (χ1v) is 7.00. The van der Waals surface area contributed by atoms with Gasteiger partial charge in [0.05, 0.1) is 8.80 Å². The number of halogens is 1. The molecule has 1 N–H and O–H groups in total. The van der Waals surface area contributed by atoms with E-state index in [1.54, 1.807) is 11.3 Å². The van der Waals surface area contributed by atoms with E-state index in [-0.39, 0.29) is 5.92 Å². The predicted molar refractivity (Wildman–Crippen MR) is 71.4 cm³/mol. The minimum Gasteiger partial charge on any atom is -0.481 e. The highest BCUT2D eigenvalue weighted by atomic mass is 127. The standard InChI is InChI=1S/C11H15IO2S/c1-2-8(11(13)14)4-3-5-9-6-7-10(12)15-9/h6-8H,2-5H2,1H3,(H,13,14). The van der Waals surface area contributed by atoms with Crippen molar-refractivity contribution < 1.29 is 9.90 Å². The third-order valence-electron chi connectivity index (χ3n) is 2.45. The zero-order valence-corrected chi connectivity index (χ0v) is 11.7. The molecule has 1 aromatic rings. The molecule has 84 valence electrons. The second-order valence-corrected chi connectivity index (χ2v) is 6.60. The van der Waals surface area contributed by atoms with Gasteiger partial charge in [0.15, 0.2) is 0 Å². The highest BCUT2D eigenvalue weighted by Crippen LogP contribution is 2.21. The molecule has 2 nitrogen and oxygen atoms in total. The largest absolute Gasteiger partial charge is 0.481 e. The number of rotatable bonds is 6. The smallest absolute Gasteiger partial charge is 0.306 e. The maximum Gasteiger partial charge on any atom is 0.306 e. The number of thiophene rings is 1. The molecule has 0 spiro atoms. The maximum absolute atomic E-state index is 10.8. The summed E-state index contributed by atoms with van der Waals surface area (Å²) in [7, 11) is 0. The quantitative estimate of drug-likeness (QED) is 0.802. The van der Waals surface area contributed by atoms with E-state index < -0.39 is 5.97 Å². The molecule has 0 aliphatic heterocycles. The number of hydrogen-bond acceptors (Lipinski definition) is 2. The van der Waals surface area contributed by atoms with Crippen molar-refractivity contribution in [1.29, 1.82) is 0 Å². The normalized spacial score (nSPS) is 12.7. The minimum absolute atomic E-state index is 0.163. The zero-order valence-electron chi connectivity index (χ0n) is 8.70. The summed E-state index contributed by atoms with van der Waals surface area (Å²) in [5, 5.41) is 8.88. The van der Waals surface area contributed by atoms with Crippen molar-refractivity contribution in [2.45, 2.75) is 32.6 Å². The molecule has 1 aromatic heterocycles. The van der Waals surface area contributed by atoms with Crippen LogP contribution in [0.2, 0.25) is 0 Å². The Labute approximate surface area is 108 Å². The minimum atomic E-state index is -0.654. The lowest BCUT2D eigenvalue weighted by Crippen LogP contribution is -2.12. The molecule has 0 fully saturated rings. The van der Waals surface area contributed by atoms with Crippen LogP contribution in [0.1, 0.15) is 31.1 Å². The Morgan fingerprint density at radius 3 is 2.80 bits per heavy atom. The van der Waals surface area contributed by atoms with E-state index in [0.717, 1.165) is 25.7 Å². The molecular weight excluding hydrogens is 323 g/mol. The first kappa shape index (κ1) is 13.0. The summed E-state index contributed by atoms with van der Waals surface area (Å²) < 4.78 is 1.30. The second-order valence-electron chi connectivity index (χ2n) is 3.54. The van der Waals surface area contributed by atoms with Gasteiger partial charge in [0.2, 0.25) is 0 Å². The van der Waals surface area contributed by atoms with Gasteiger partial charge >= 0.3 is 5.97 Å². The summed E-state index contributed by atoms with van der Waals surface area (Å²) in [5.41, 5.74) is 0. The summed E-state index contributed by atoms with van der Waals surface area (Å²) in [6, 6.07) is 4.24. The lowest BCUT2D eigenvalue weighted by molar-refractivity contribution is -0.142. The van der Waals surface area contributed by atoms with Crippen LogP contribution < -0.4 is 0 Å². The Hall–Kier alpha value is -0.100. The summed E-state index contributed by atoms with van der Waals surface area (Å²) in [6.45, 7) is 1.94. The second kappa shape index (κ2) is 6.48.